The number of nitrogens with zero attached hydrogens (tertiary/aromatic N) is 3. The highest BCUT2D eigenvalue weighted by molar-refractivity contribution is 5.57. The van der Waals surface area contributed by atoms with Crippen LogP contribution in [-0.2, 0) is 4.74 Å². The Morgan fingerprint density at radius 3 is 2.60 bits per heavy atom. The fourth-order valence-corrected chi connectivity index (χ4v) is 2.51. The third-order valence-corrected chi connectivity index (χ3v) is 3.73. The van der Waals surface area contributed by atoms with E-state index in [4.69, 9.17) is 9.47 Å². The minimum atomic E-state index is 0.0637. The normalized spacial score (nSPS) is 15.6. The van der Waals surface area contributed by atoms with E-state index in [1.165, 1.54) is 0 Å². The lowest BCUT2D eigenvalue weighted by atomic mass is 10.1. The molecule has 0 saturated carbocycles. The summed E-state index contributed by atoms with van der Waals surface area (Å²) in [6.45, 7) is 0.558. The van der Waals surface area contributed by atoms with E-state index in [-0.39, 0.29) is 5.92 Å². The van der Waals surface area contributed by atoms with Gasteiger partial charge in [0.1, 0.15) is 17.3 Å². The largest absolute Gasteiger partial charge is 0.500 e. The van der Waals surface area contributed by atoms with Crippen molar-refractivity contribution in [1.29, 1.82) is 0 Å². The summed E-state index contributed by atoms with van der Waals surface area (Å²) in [5.74, 6) is 2.04. The quantitative estimate of drug-likeness (QED) is 0.760. The number of nitrogens with one attached hydrogen (secondary N) is 1. The molecule has 0 aliphatic carbocycles. The van der Waals surface area contributed by atoms with E-state index in [0.717, 1.165) is 17.2 Å². The predicted octanol–water partition coefficient (Wildman–Crippen LogP) is 4.04. The lowest BCUT2D eigenvalue weighted by Crippen LogP contribution is -2.04. The first-order valence-electron chi connectivity index (χ1n) is 7.94. The second-order valence-corrected chi connectivity index (χ2v) is 5.48. The van der Waals surface area contributed by atoms with Crippen LogP contribution in [0.4, 0.5) is 11.5 Å². The molecule has 1 atom stereocenters. The monoisotopic (exact) mass is 332 g/mol. The molecule has 3 aromatic rings. The Kier molecular flexibility index (Phi) is 4.24. The smallest absolute Gasteiger partial charge is 0.241 e. The first-order chi connectivity index (χ1) is 12.4. The molecule has 2 aromatic heterocycles. The van der Waals surface area contributed by atoms with Gasteiger partial charge in [-0.1, -0.05) is 6.07 Å². The van der Waals surface area contributed by atoms with Crippen molar-refractivity contribution in [3.63, 3.8) is 0 Å². The molecule has 1 aliphatic rings. The first kappa shape index (κ1) is 15.1. The van der Waals surface area contributed by atoms with Gasteiger partial charge >= 0.3 is 0 Å². The van der Waals surface area contributed by atoms with E-state index >= 15 is 0 Å². The molecule has 3 heterocycles. The molecule has 0 bridgehead atoms. The lowest BCUT2D eigenvalue weighted by molar-refractivity contribution is 0.266. The van der Waals surface area contributed by atoms with Crippen molar-refractivity contribution in [2.75, 3.05) is 11.9 Å². The highest BCUT2D eigenvalue weighted by Gasteiger charge is 2.20. The molecule has 0 radical (unpaired) electrons. The van der Waals surface area contributed by atoms with Gasteiger partial charge in [-0.3, -0.25) is 4.98 Å². The van der Waals surface area contributed by atoms with Crippen LogP contribution in [0.5, 0.6) is 11.6 Å². The number of benzene rings is 1. The Bertz CT molecular complexity index is 866. The maximum absolute atomic E-state index is 5.92. The third-order valence-electron chi connectivity index (χ3n) is 3.73. The minimum Gasteiger partial charge on any atom is -0.500 e. The van der Waals surface area contributed by atoms with E-state index in [9.17, 15) is 0 Å². The number of anilines is 2. The molecule has 0 saturated heterocycles. The maximum atomic E-state index is 5.92. The zero-order chi connectivity index (χ0) is 16.9. The third kappa shape index (κ3) is 3.58. The van der Waals surface area contributed by atoms with Crippen LogP contribution in [0.1, 0.15) is 11.6 Å². The van der Waals surface area contributed by atoms with Gasteiger partial charge in [0.25, 0.3) is 0 Å². The number of hydrogen-bond donors (Lipinski definition) is 1. The molecular weight excluding hydrogens is 316 g/mol. The van der Waals surface area contributed by atoms with Crippen molar-refractivity contribution < 1.29 is 9.47 Å². The molecule has 4 rings (SSSR count). The fourth-order valence-electron chi connectivity index (χ4n) is 2.51. The Morgan fingerprint density at radius 1 is 0.960 bits per heavy atom. The van der Waals surface area contributed by atoms with Crippen molar-refractivity contribution in [2.24, 2.45) is 0 Å². The van der Waals surface area contributed by atoms with E-state index in [2.05, 4.69) is 20.3 Å². The molecule has 6 nitrogen and oxygen atoms in total. The highest BCUT2D eigenvalue weighted by Crippen LogP contribution is 2.30. The molecular formula is C19H16N4O2. The SMILES string of the molecule is C1=CC(c2nccnc2Oc2ccc(Nc3ccccn3)cc2)CO1. The van der Waals surface area contributed by atoms with Gasteiger partial charge in [0, 0.05) is 24.3 Å². The average Bonchev–Trinajstić information content (AvgIpc) is 3.19. The second-order valence-electron chi connectivity index (χ2n) is 5.48. The molecule has 0 amide bonds. The van der Waals surface area contributed by atoms with Gasteiger partial charge in [0.2, 0.25) is 5.88 Å². The van der Waals surface area contributed by atoms with Crippen molar-refractivity contribution >= 4 is 11.5 Å². The summed E-state index contributed by atoms with van der Waals surface area (Å²) in [6, 6.07) is 13.3. The van der Waals surface area contributed by atoms with Gasteiger partial charge in [0.05, 0.1) is 18.8 Å². The molecule has 0 fully saturated rings. The Balaban J connectivity index is 1.49. The molecule has 124 valence electrons. The van der Waals surface area contributed by atoms with Crippen molar-refractivity contribution in [3.8, 4) is 11.6 Å². The predicted molar refractivity (Wildman–Crippen MR) is 93.9 cm³/mol. The van der Waals surface area contributed by atoms with Crippen LogP contribution in [0.25, 0.3) is 0 Å². The second kappa shape index (κ2) is 7.00. The van der Waals surface area contributed by atoms with E-state index in [1.54, 1.807) is 24.9 Å². The van der Waals surface area contributed by atoms with Crippen LogP contribution in [0, 0.1) is 0 Å². The van der Waals surface area contributed by atoms with Crippen molar-refractivity contribution in [2.45, 2.75) is 5.92 Å². The molecule has 1 aromatic carbocycles. The number of rotatable bonds is 5. The van der Waals surface area contributed by atoms with Crippen LogP contribution in [-0.4, -0.2) is 21.6 Å². The number of pyridine rings is 1. The van der Waals surface area contributed by atoms with Crippen LogP contribution in [0.15, 0.2) is 73.4 Å². The van der Waals surface area contributed by atoms with Crippen molar-refractivity contribution in [1.82, 2.24) is 15.0 Å². The molecule has 25 heavy (non-hydrogen) atoms. The topological polar surface area (TPSA) is 69.2 Å². The minimum absolute atomic E-state index is 0.0637. The van der Waals surface area contributed by atoms with Crippen molar-refractivity contribution in [3.05, 3.63) is 79.1 Å². The highest BCUT2D eigenvalue weighted by atomic mass is 16.5. The van der Waals surface area contributed by atoms with Gasteiger partial charge in [-0.2, -0.15) is 0 Å². The van der Waals surface area contributed by atoms with Crippen LogP contribution in [0.2, 0.25) is 0 Å². The van der Waals surface area contributed by atoms with E-state index in [0.29, 0.717) is 18.2 Å². The number of aromatic nitrogens is 3. The summed E-state index contributed by atoms with van der Waals surface area (Å²) in [5.41, 5.74) is 1.70. The molecule has 1 aliphatic heterocycles. The summed E-state index contributed by atoms with van der Waals surface area (Å²) in [6.07, 6.45) is 8.66. The van der Waals surface area contributed by atoms with Gasteiger partial charge in [-0.05, 0) is 42.5 Å². The first-order valence-corrected chi connectivity index (χ1v) is 7.94. The summed E-state index contributed by atoms with van der Waals surface area (Å²) < 4.78 is 11.2. The zero-order valence-electron chi connectivity index (χ0n) is 13.4. The average molecular weight is 332 g/mol. The summed E-state index contributed by atoms with van der Waals surface area (Å²) in [4.78, 5) is 12.9. The van der Waals surface area contributed by atoms with Crippen LogP contribution >= 0.6 is 0 Å². The van der Waals surface area contributed by atoms with Crippen LogP contribution < -0.4 is 10.1 Å². The summed E-state index contributed by atoms with van der Waals surface area (Å²) in [7, 11) is 0. The van der Waals surface area contributed by atoms with Gasteiger partial charge < -0.3 is 14.8 Å². The number of ether oxygens (including phenoxy) is 2. The van der Waals surface area contributed by atoms with Crippen LogP contribution in [0.3, 0.4) is 0 Å². The summed E-state index contributed by atoms with van der Waals surface area (Å²) >= 11 is 0. The fraction of sp³-hybridized carbons (Fsp3) is 0.105. The van der Waals surface area contributed by atoms with Gasteiger partial charge in [-0.15, -0.1) is 0 Å². The van der Waals surface area contributed by atoms with E-state index in [1.807, 2.05) is 48.5 Å². The summed E-state index contributed by atoms with van der Waals surface area (Å²) in [5, 5.41) is 3.23. The zero-order valence-corrected chi connectivity index (χ0v) is 13.4. The lowest BCUT2D eigenvalue weighted by Gasteiger charge is -2.12. The van der Waals surface area contributed by atoms with Gasteiger partial charge in [-0.25, -0.2) is 9.97 Å². The molecule has 1 unspecified atom stereocenters. The Morgan fingerprint density at radius 2 is 1.84 bits per heavy atom. The maximum Gasteiger partial charge on any atom is 0.241 e. The van der Waals surface area contributed by atoms with Gasteiger partial charge in [0.15, 0.2) is 0 Å². The Hall–Kier alpha value is -3.41. The standard InChI is InChI=1S/C19H16N4O2/c1-2-9-20-17(3-1)23-15-4-6-16(7-5-15)25-19-18(21-10-11-22-19)14-8-12-24-13-14/h1-12,14H,13H2,(H,20,23). The van der Waals surface area contributed by atoms with E-state index < -0.39 is 0 Å². The molecule has 6 heteroatoms. The Labute approximate surface area is 145 Å². The molecule has 1 N–H and O–H groups in total. The number of hydrogen-bond acceptors (Lipinski definition) is 6. The molecule has 0 spiro atoms.